The molecule has 1 aliphatic heterocycles. The van der Waals surface area contributed by atoms with Crippen molar-refractivity contribution in [1.29, 1.82) is 0 Å². The van der Waals surface area contributed by atoms with E-state index in [0.717, 1.165) is 24.1 Å². The van der Waals surface area contributed by atoms with Gasteiger partial charge in [0.25, 0.3) is 0 Å². The Morgan fingerprint density at radius 1 is 1.56 bits per heavy atom. The summed E-state index contributed by atoms with van der Waals surface area (Å²) in [5.41, 5.74) is 1.72. The van der Waals surface area contributed by atoms with Gasteiger partial charge in [0.15, 0.2) is 0 Å². The van der Waals surface area contributed by atoms with E-state index in [0.29, 0.717) is 6.61 Å². The number of rotatable bonds is 3. The summed E-state index contributed by atoms with van der Waals surface area (Å²) in [5, 5.41) is 12.4. The van der Waals surface area contributed by atoms with E-state index in [-0.39, 0.29) is 23.7 Å². The van der Waals surface area contributed by atoms with Crippen LogP contribution in [0.25, 0.3) is 0 Å². The number of hydrogen-bond acceptors (Lipinski definition) is 3. The van der Waals surface area contributed by atoms with Crippen LogP contribution in [0.3, 0.4) is 0 Å². The standard InChI is InChI=1S/C14H19NO3/c1-3-10-8-11(16)4-5-13(10)15-14(17)12-6-7-18-9(12)2/h4-5,8-9,12,16H,3,6-7H2,1-2H3,(H,15,17). The maximum atomic E-state index is 12.1. The number of carbonyl (C=O) groups excluding carboxylic acids is 1. The van der Waals surface area contributed by atoms with Crippen molar-refractivity contribution < 1.29 is 14.6 Å². The van der Waals surface area contributed by atoms with Gasteiger partial charge in [0.2, 0.25) is 5.91 Å². The number of anilines is 1. The maximum absolute atomic E-state index is 12.1. The third kappa shape index (κ3) is 2.64. The third-order valence-electron chi connectivity index (χ3n) is 3.44. The molecule has 1 fully saturated rings. The summed E-state index contributed by atoms with van der Waals surface area (Å²) in [5.74, 6) is 0.145. The average Bonchev–Trinajstić information content (AvgIpc) is 2.77. The van der Waals surface area contributed by atoms with Crippen LogP contribution >= 0.6 is 0 Å². The second-order valence-corrected chi connectivity index (χ2v) is 4.66. The van der Waals surface area contributed by atoms with Crippen LogP contribution in [0.15, 0.2) is 18.2 Å². The molecule has 2 rings (SSSR count). The molecule has 0 spiro atoms. The molecule has 0 aliphatic carbocycles. The molecule has 0 bridgehead atoms. The molecule has 4 heteroatoms. The summed E-state index contributed by atoms with van der Waals surface area (Å²) < 4.78 is 5.40. The lowest BCUT2D eigenvalue weighted by atomic mass is 10.0. The largest absolute Gasteiger partial charge is 0.508 e. The highest BCUT2D eigenvalue weighted by Gasteiger charge is 2.30. The number of ether oxygens (including phenoxy) is 1. The van der Waals surface area contributed by atoms with Gasteiger partial charge >= 0.3 is 0 Å². The van der Waals surface area contributed by atoms with Gasteiger partial charge in [0.1, 0.15) is 5.75 Å². The van der Waals surface area contributed by atoms with Crippen molar-refractivity contribution in [3.05, 3.63) is 23.8 Å². The molecule has 0 aromatic heterocycles. The van der Waals surface area contributed by atoms with E-state index in [4.69, 9.17) is 4.74 Å². The zero-order chi connectivity index (χ0) is 13.1. The first-order valence-electron chi connectivity index (χ1n) is 6.36. The number of carbonyl (C=O) groups is 1. The van der Waals surface area contributed by atoms with E-state index in [1.165, 1.54) is 0 Å². The Kier molecular flexibility index (Phi) is 3.87. The first-order valence-corrected chi connectivity index (χ1v) is 6.36. The fraction of sp³-hybridized carbons (Fsp3) is 0.500. The van der Waals surface area contributed by atoms with E-state index >= 15 is 0 Å². The molecular weight excluding hydrogens is 230 g/mol. The molecule has 18 heavy (non-hydrogen) atoms. The molecule has 4 nitrogen and oxygen atoms in total. The van der Waals surface area contributed by atoms with Crippen molar-refractivity contribution in [2.45, 2.75) is 32.8 Å². The summed E-state index contributed by atoms with van der Waals surface area (Å²) in [4.78, 5) is 12.1. The molecule has 2 N–H and O–H groups in total. The molecule has 1 amide bonds. The van der Waals surface area contributed by atoms with E-state index in [1.54, 1.807) is 18.2 Å². The minimum Gasteiger partial charge on any atom is -0.508 e. The fourth-order valence-corrected chi connectivity index (χ4v) is 2.30. The SMILES string of the molecule is CCc1cc(O)ccc1NC(=O)C1CCOC1C. The predicted molar refractivity (Wildman–Crippen MR) is 69.6 cm³/mol. The molecule has 1 heterocycles. The Hall–Kier alpha value is -1.55. The molecule has 2 unspecified atom stereocenters. The number of nitrogens with one attached hydrogen (secondary N) is 1. The van der Waals surface area contributed by atoms with Gasteiger partial charge in [-0.25, -0.2) is 0 Å². The van der Waals surface area contributed by atoms with Crippen LogP contribution in [0.4, 0.5) is 5.69 Å². The van der Waals surface area contributed by atoms with Crippen LogP contribution in [-0.4, -0.2) is 23.7 Å². The zero-order valence-corrected chi connectivity index (χ0v) is 10.8. The van der Waals surface area contributed by atoms with Gasteiger partial charge in [-0.15, -0.1) is 0 Å². The quantitative estimate of drug-likeness (QED) is 0.808. The van der Waals surface area contributed by atoms with Gasteiger partial charge in [-0.1, -0.05) is 6.92 Å². The fourth-order valence-electron chi connectivity index (χ4n) is 2.30. The summed E-state index contributed by atoms with van der Waals surface area (Å²) >= 11 is 0. The number of phenolic OH excluding ortho intramolecular Hbond substituents is 1. The van der Waals surface area contributed by atoms with Gasteiger partial charge in [-0.3, -0.25) is 4.79 Å². The van der Waals surface area contributed by atoms with Crippen LogP contribution in [0.2, 0.25) is 0 Å². The summed E-state index contributed by atoms with van der Waals surface area (Å²) in [6, 6.07) is 5.01. The third-order valence-corrected chi connectivity index (χ3v) is 3.44. The molecule has 98 valence electrons. The van der Waals surface area contributed by atoms with Crippen molar-refractivity contribution in [2.24, 2.45) is 5.92 Å². The highest BCUT2D eigenvalue weighted by atomic mass is 16.5. The Morgan fingerprint density at radius 3 is 2.94 bits per heavy atom. The van der Waals surface area contributed by atoms with Crippen LogP contribution in [0.1, 0.15) is 25.8 Å². The van der Waals surface area contributed by atoms with Gasteiger partial charge in [0, 0.05) is 12.3 Å². The van der Waals surface area contributed by atoms with Crippen LogP contribution in [0, 0.1) is 5.92 Å². The van der Waals surface area contributed by atoms with Crippen LogP contribution in [-0.2, 0) is 16.0 Å². The predicted octanol–water partition coefficient (Wildman–Crippen LogP) is 2.32. The molecule has 1 saturated heterocycles. The number of benzene rings is 1. The lowest BCUT2D eigenvalue weighted by molar-refractivity contribution is -0.121. The number of phenols is 1. The van der Waals surface area contributed by atoms with E-state index in [2.05, 4.69) is 5.32 Å². The van der Waals surface area contributed by atoms with E-state index in [9.17, 15) is 9.90 Å². The number of aromatic hydroxyl groups is 1. The Balaban J connectivity index is 2.11. The maximum Gasteiger partial charge on any atom is 0.230 e. The van der Waals surface area contributed by atoms with Crippen molar-refractivity contribution in [1.82, 2.24) is 0 Å². The average molecular weight is 249 g/mol. The van der Waals surface area contributed by atoms with E-state index < -0.39 is 0 Å². The first-order chi connectivity index (χ1) is 8.61. The van der Waals surface area contributed by atoms with Crippen molar-refractivity contribution in [3.63, 3.8) is 0 Å². The van der Waals surface area contributed by atoms with Gasteiger partial charge < -0.3 is 15.2 Å². The molecular formula is C14H19NO3. The second kappa shape index (κ2) is 5.40. The second-order valence-electron chi connectivity index (χ2n) is 4.66. The number of amides is 1. The monoisotopic (exact) mass is 249 g/mol. The van der Waals surface area contributed by atoms with Crippen molar-refractivity contribution >= 4 is 11.6 Å². The summed E-state index contributed by atoms with van der Waals surface area (Å²) in [7, 11) is 0. The molecule has 0 saturated carbocycles. The Labute approximate surface area is 107 Å². The minimum atomic E-state index is -0.0801. The smallest absolute Gasteiger partial charge is 0.230 e. The van der Waals surface area contributed by atoms with Crippen LogP contribution < -0.4 is 5.32 Å². The molecule has 2 atom stereocenters. The highest BCUT2D eigenvalue weighted by Crippen LogP contribution is 2.25. The van der Waals surface area contributed by atoms with E-state index in [1.807, 2.05) is 13.8 Å². The number of hydrogen-bond donors (Lipinski definition) is 2. The molecule has 1 aliphatic rings. The van der Waals surface area contributed by atoms with Gasteiger partial charge in [0.05, 0.1) is 12.0 Å². The Morgan fingerprint density at radius 2 is 2.33 bits per heavy atom. The van der Waals surface area contributed by atoms with Crippen molar-refractivity contribution in [2.75, 3.05) is 11.9 Å². The summed E-state index contributed by atoms with van der Waals surface area (Å²) in [6.45, 7) is 4.57. The van der Waals surface area contributed by atoms with Gasteiger partial charge in [-0.2, -0.15) is 0 Å². The van der Waals surface area contributed by atoms with Crippen LogP contribution in [0.5, 0.6) is 5.75 Å². The Bertz CT molecular complexity index is 445. The lowest BCUT2D eigenvalue weighted by Crippen LogP contribution is -2.28. The van der Waals surface area contributed by atoms with Gasteiger partial charge in [-0.05, 0) is 43.5 Å². The highest BCUT2D eigenvalue weighted by molar-refractivity contribution is 5.93. The zero-order valence-electron chi connectivity index (χ0n) is 10.8. The molecule has 1 aromatic carbocycles. The normalized spacial score (nSPS) is 23.0. The lowest BCUT2D eigenvalue weighted by Gasteiger charge is -2.16. The minimum absolute atomic E-state index is 0.000361. The summed E-state index contributed by atoms with van der Waals surface area (Å²) in [6.07, 6.45) is 1.51. The molecule has 1 aromatic rings. The number of aryl methyl sites for hydroxylation is 1. The first kappa shape index (κ1) is 12.9. The topological polar surface area (TPSA) is 58.6 Å². The van der Waals surface area contributed by atoms with Crippen molar-refractivity contribution in [3.8, 4) is 5.75 Å². The molecule has 0 radical (unpaired) electrons.